The zero-order chi connectivity index (χ0) is 12.8. The molecular weight excluding hydrogens is 222 g/mol. The molecule has 0 aromatic heterocycles. The van der Waals surface area contributed by atoms with Crippen LogP contribution in [0, 0.1) is 0 Å². The Morgan fingerprint density at radius 2 is 1.94 bits per heavy atom. The highest BCUT2D eigenvalue weighted by atomic mass is 16.3. The number of hydrogen-bond acceptors (Lipinski definition) is 4. The van der Waals surface area contributed by atoms with E-state index in [1.54, 1.807) is 31.2 Å². The third-order valence-corrected chi connectivity index (χ3v) is 2.19. The van der Waals surface area contributed by atoms with Gasteiger partial charge in [-0.15, -0.1) is 0 Å². The molecule has 0 radical (unpaired) electrons. The lowest BCUT2D eigenvalue weighted by Gasteiger charge is -2.12. The standard InChI is InChI=1S/C11H15N3O3/c1-7(10(16)14-11(12)17)13-6-8-2-4-9(15)5-3-8/h2-5,7,13,15H,6H2,1H3,(H3,12,14,16,17). The number of urea groups is 1. The summed E-state index contributed by atoms with van der Waals surface area (Å²) in [5.41, 5.74) is 5.75. The molecule has 0 heterocycles. The van der Waals surface area contributed by atoms with Gasteiger partial charge in [-0.3, -0.25) is 10.1 Å². The van der Waals surface area contributed by atoms with E-state index in [2.05, 4.69) is 5.32 Å². The summed E-state index contributed by atoms with van der Waals surface area (Å²) < 4.78 is 0. The average Bonchev–Trinajstić information content (AvgIpc) is 2.27. The molecule has 0 saturated carbocycles. The minimum absolute atomic E-state index is 0.188. The molecule has 1 unspecified atom stereocenters. The molecular formula is C11H15N3O3. The second-order valence-corrected chi connectivity index (χ2v) is 3.62. The lowest BCUT2D eigenvalue weighted by atomic mass is 10.2. The fourth-order valence-electron chi connectivity index (χ4n) is 1.21. The number of nitrogens with one attached hydrogen (secondary N) is 2. The summed E-state index contributed by atoms with van der Waals surface area (Å²) in [7, 11) is 0. The highest BCUT2D eigenvalue weighted by Crippen LogP contribution is 2.09. The van der Waals surface area contributed by atoms with Crippen molar-refractivity contribution < 1.29 is 14.7 Å². The predicted octanol–water partition coefficient (Wildman–Crippen LogP) is 0.0652. The highest BCUT2D eigenvalue weighted by Gasteiger charge is 2.13. The average molecular weight is 237 g/mol. The quantitative estimate of drug-likeness (QED) is 0.594. The van der Waals surface area contributed by atoms with E-state index in [0.29, 0.717) is 6.54 Å². The number of rotatable bonds is 4. The van der Waals surface area contributed by atoms with Gasteiger partial charge in [-0.2, -0.15) is 0 Å². The number of hydrogen-bond donors (Lipinski definition) is 4. The first-order valence-corrected chi connectivity index (χ1v) is 5.10. The number of phenols is 1. The van der Waals surface area contributed by atoms with Crippen LogP contribution in [-0.4, -0.2) is 23.1 Å². The van der Waals surface area contributed by atoms with Crippen LogP contribution in [0.15, 0.2) is 24.3 Å². The molecule has 5 N–H and O–H groups in total. The zero-order valence-electron chi connectivity index (χ0n) is 9.43. The molecule has 0 saturated heterocycles. The van der Waals surface area contributed by atoms with Crippen molar-refractivity contribution in [2.45, 2.75) is 19.5 Å². The van der Waals surface area contributed by atoms with Crippen LogP contribution < -0.4 is 16.4 Å². The summed E-state index contributed by atoms with van der Waals surface area (Å²) in [6.07, 6.45) is 0. The van der Waals surface area contributed by atoms with Crippen LogP contribution in [0.2, 0.25) is 0 Å². The molecule has 0 aliphatic heterocycles. The van der Waals surface area contributed by atoms with Gasteiger partial charge in [0.15, 0.2) is 0 Å². The highest BCUT2D eigenvalue weighted by molar-refractivity contribution is 5.96. The molecule has 1 aromatic carbocycles. The van der Waals surface area contributed by atoms with Crippen LogP contribution >= 0.6 is 0 Å². The first-order valence-electron chi connectivity index (χ1n) is 5.10. The Balaban J connectivity index is 2.42. The number of nitrogens with two attached hydrogens (primary N) is 1. The third-order valence-electron chi connectivity index (χ3n) is 2.19. The van der Waals surface area contributed by atoms with Crippen molar-refractivity contribution in [1.82, 2.24) is 10.6 Å². The topological polar surface area (TPSA) is 104 Å². The Morgan fingerprint density at radius 1 is 1.35 bits per heavy atom. The number of aromatic hydroxyl groups is 1. The Hall–Kier alpha value is -2.08. The molecule has 6 heteroatoms. The molecule has 1 aromatic rings. The number of primary amides is 1. The van der Waals surface area contributed by atoms with Crippen molar-refractivity contribution >= 4 is 11.9 Å². The minimum Gasteiger partial charge on any atom is -0.508 e. The number of carbonyl (C=O) groups is 2. The van der Waals surface area contributed by atoms with Gasteiger partial charge in [0.1, 0.15) is 5.75 Å². The van der Waals surface area contributed by atoms with Gasteiger partial charge in [-0.05, 0) is 24.6 Å². The largest absolute Gasteiger partial charge is 0.508 e. The summed E-state index contributed by atoms with van der Waals surface area (Å²) >= 11 is 0. The van der Waals surface area contributed by atoms with Crippen LogP contribution in [0.4, 0.5) is 4.79 Å². The van der Waals surface area contributed by atoms with Gasteiger partial charge in [0.25, 0.3) is 0 Å². The van der Waals surface area contributed by atoms with Gasteiger partial charge in [-0.1, -0.05) is 12.1 Å². The minimum atomic E-state index is -0.867. The fourth-order valence-corrected chi connectivity index (χ4v) is 1.21. The molecule has 3 amide bonds. The predicted molar refractivity (Wildman–Crippen MR) is 62.1 cm³/mol. The Labute approximate surface area is 98.8 Å². The van der Waals surface area contributed by atoms with Gasteiger partial charge >= 0.3 is 6.03 Å². The van der Waals surface area contributed by atoms with Gasteiger partial charge in [0.05, 0.1) is 6.04 Å². The smallest absolute Gasteiger partial charge is 0.318 e. The van der Waals surface area contributed by atoms with Crippen molar-refractivity contribution in [2.75, 3.05) is 0 Å². The van der Waals surface area contributed by atoms with Gasteiger partial charge in [0, 0.05) is 6.54 Å². The number of benzene rings is 1. The lowest BCUT2D eigenvalue weighted by Crippen LogP contribution is -2.46. The van der Waals surface area contributed by atoms with Gasteiger partial charge < -0.3 is 16.2 Å². The summed E-state index contributed by atoms with van der Waals surface area (Å²) in [5.74, 6) is -0.287. The van der Waals surface area contributed by atoms with Crippen LogP contribution in [0.25, 0.3) is 0 Å². The van der Waals surface area contributed by atoms with Crippen molar-refractivity contribution in [1.29, 1.82) is 0 Å². The Bertz CT molecular complexity index is 403. The number of carbonyl (C=O) groups excluding carboxylic acids is 2. The maximum Gasteiger partial charge on any atom is 0.318 e. The van der Waals surface area contributed by atoms with E-state index < -0.39 is 18.0 Å². The van der Waals surface area contributed by atoms with E-state index in [1.807, 2.05) is 5.32 Å². The summed E-state index contributed by atoms with van der Waals surface area (Å²) in [5, 5.41) is 14.0. The Kier molecular flexibility index (Phi) is 4.47. The van der Waals surface area contributed by atoms with E-state index in [9.17, 15) is 9.59 Å². The second-order valence-electron chi connectivity index (χ2n) is 3.62. The molecule has 6 nitrogen and oxygen atoms in total. The third kappa shape index (κ3) is 4.52. The molecule has 0 aliphatic carbocycles. The summed E-state index contributed by atoms with van der Waals surface area (Å²) in [6.45, 7) is 2.08. The number of phenolic OH excluding ortho intramolecular Hbond substituents is 1. The van der Waals surface area contributed by atoms with Gasteiger partial charge in [-0.25, -0.2) is 4.79 Å². The SMILES string of the molecule is CC(NCc1ccc(O)cc1)C(=O)NC(N)=O. The van der Waals surface area contributed by atoms with Crippen LogP contribution in [-0.2, 0) is 11.3 Å². The van der Waals surface area contributed by atoms with Crippen molar-refractivity contribution in [2.24, 2.45) is 5.73 Å². The zero-order valence-corrected chi connectivity index (χ0v) is 9.43. The van der Waals surface area contributed by atoms with E-state index >= 15 is 0 Å². The number of imide groups is 1. The first-order chi connectivity index (χ1) is 7.99. The molecule has 0 fully saturated rings. The van der Waals surface area contributed by atoms with Crippen molar-refractivity contribution in [3.8, 4) is 5.75 Å². The van der Waals surface area contributed by atoms with Crippen molar-refractivity contribution in [3.05, 3.63) is 29.8 Å². The van der Waals surface area contributed by atoms with E-state index in [0.717, 1.165) is 5.56 Å². The molecule has 1 rings (SSSR count). The van der Waals surface area contributed by atoms with E-state index in [4.69, 9.17) is 10.8 Å². The maximum atomic E-state index is 11.3. The fraction of sp³-hybridized carbons (Fsp3) is 0.273. The summed E-state index contributed by atoms with van der Waals surface area (Å²) in [6, 6.07) is 5.20. The van der Waals surface area contributed by atoms with Gasteiger partial charge in [0.2, 0.25) is 5.91 Å². The molecule has 0 bridgehead atoms. The van der Waals surface area contributed by atoms with Crippen LogP contribution in [0.3, 0.4) is 0 Å². The van der Waals surface area contributed by atoms with Crippen LogP contribution in [0.5, 0.6) is 5.75 Å². The molecule has 1 atom stereocenters. The molecule has 17 heavy (non-hydrogen) atoms. The number of amides is 3. The summed E-state index contributed by atoms with van der Waals surface area (Å²) in [4.78, 5) is 21.8. The molecule has 0 spiro atoms. The van der Waals surface area contributed by atoms with Crippen LogP contribution in [0.1, 0.15) is 12.5 Å². The molecule has 0 aliphatic rings. The lowest BCUT2D eigenvalue weighted by molar-refractivity contribution is -0.121. The molecule has 92 valence electrons. The first kappa shape index (κ1) is 13.0. The monoisotopic (exact) mass is 237 g/mol. The normalized spacial score (nSPS) is 11.8. The maximum absolute atomic E-state index is 11.3. The second kappa shape index (κ2) is 5.86. The van der Waals surface area contributed by atoms with E-state index in [1.165, 1.54) is 0 Å². The Morgan fingerprint density at radius 3 is 2.47 bits per heavy atom. The van der Waals surface area contributed by atoms with E-state index in [-0.39, 0.29) is 5.75 Å². The van der Waals surface area contributed by atoms with Crippen molar-refractivity contribution in [3.63, 3.8) is 0 Å².